The second kappa shape index (κ2) is 9.15. The van der Waals surface area contributed by atoms with E-state index in [1.807, 2.05) is 85.8 Å². The molecular weight excluding hydrogens is 426 g/mol. The second-order valence-corrected chi connectivity index (χ2v) is 8.08. The van der Waals surface area contributed by atoms with E-state index in [0.717, 1.165) is 28.1 Å². The molecule has 0 atom stereocenters. The summed E-state index contributed by atoms with van der Waals surface area (Å²) in [6, 6.07) is 25.4. The number of aryl methyl sites for hydroxylation is 2. The summed E-state index contributed by atoms with van der Waals surface area (Å²) in [5.74, 6) is -0.175. The molecule has 0 aliphatic rings. The van der Waals surface area contributed by atoms with Crippen molar-refractivity contribution >= 4 is 22.6 Å². The number of hydrogen-bond donors (Lipinski definition) is 1. The molecular formula is C27H23N5O2. The summed E-state index contributed by atoms with van der Waals surface area (Å²) in [6.45, 7) is 2.23. The molecule has 0 bridgehead atoms. The number of rotatable bonds is 6. The highest BCUT2D eigenvalue weighted by Crippen LogP contribution is 2.27. The zero-order valence-corrected chi connectivity index (χ0v) is 18.7. The van der Waals surface area contributed by atoms with Crippen LogP contribution in [0.5, 0.6) is 0 Å². The summed E-state index contributed by atoms with van der Waals surface area (Å²) >= 11 is 0. The molecule has 7 heteroatoms. The molecule has 7 nitrogen and oxygen atoms in total. The smallest absolute Gasteiger partial charge is 0.264 e. The number of nitrogens with one attached hydrogen (secondary N) is 1. The lowest BCUT2D eigenvalue weighted by molar-refractivity contribution is -0.116. The van der Waals surface area contributed by atoms with Gasteiger partial charge in [0.1, 0.15) is 5.39 Å². The third-order valence-corrected chi connectivity index (χ3v) is 5.70. The quantitative estimate of drug-likeness (QED) is 0.411. The van der Waals surface area contributed by atoms with Crippen LogP contribution in [0.25, 0.3) is 27.8 Å². The summed E-state index contributed by atoms with van der Waals surface area (Å²) in [4.78, 5) is 30.1. The Bertz CT molecular complexity index is 1520. The fourth-order valence-corrected chi connectivity index (χ4v) is 3.88. The first-order valence-corrected chi connectivity index (χ1v) is 11.0. The topological polar surface area (TPSA) is 81.8 Å². The van der Waals surface area contributed by atoms with Crippen molar-refractivity contribution in [1.29, 1.82) is 0 Å². The van der Waals surface area contributed by atoms with Gasteiger partial charge >= 0.3 is 0 Å². The third kappa shape index (κ3) is 4.23. The van der Waals surface area contributed by atoms with Crippen LogP contribution in [0.4, 0.5) is 5.69 Å². The Morgan fingerprint density at radius 2 is 1.68 bits per heavy atom. The number of nitrogens with zero attached hydrogens (tertiary/aromatic N) is 4. The highest BCUT2D eigenvalue weighted by Gasteiger charge is 2.13. The Hall–Kier alpha value is -4.52. The van der Waals surface area contributed by atoms with Gasteiger partial charge in [0.2, 0.25) is 5.91 Å². The van der Waals surface area contributed by atoms with Gasteiger partial charge < -0.3 is 5.32 Å². The van der Waals surface area contributed by atoms with E-state index in [0.29, 0.717) is 11.0 Å². The number of fused-ring (bicyclic) bond motifs is 1. The first kappa shape index (κ1) is 21.3. The molecule has 3 aromatic carbocycles. The Labute approximate surface area is 196 Å². The van der Waals surface area contributed by atoms with Crippen LogP contribution < -0.4 is 10.9 Å². The van der Waals surface area contributed by atoms with E-state index >= 15 is 0 Å². The summed E-state index contributed by atoms with van der Waals surface area (Å²) in [5, 5.41) is 7.74. The maximum absolute atomic E-state index is 13.0. The normalized spacial score (nSPS) is 11.0. The number of aromatic nitrogens is 4. The molecule has 0 fully saturated rings. The second-order valence-electron chi connectivity index (χ2n) is 8.08. The van der Waals surface area contributed by atoms with Crippen molar-refractivity contribution in [2.75, 3.05) is 5.32 Å². The van der Waals surface area contributed by atoms with Gasteiger partial charge in [-0.3, -0.25) is 14.2 Å². The Morgan fingerprint density at radius 3 is 2.47 bits per heavy atom. The van der Waals surface area contributed by atoms with Crippen LogP contribution in [-0.4, -0.2) is 25.2 Å². The number of para-hydroxylation sites is 1. The zero-order chi connectivity index (χ0) is 23.5. The van der Waals surface area contributed by atoms with Crippen LogP contribution in [0.1, 0.15) is 12.0 Å². The standard InChI is InChI=1S/C27H23N5O2/c1-19-11-13-21(14-12-19)32-26-23(17-29-32)27(34)31(18-28-26)16-15-25(33)30-24-10-6-5-9-22(24)20-7-3-2-4-8-20/h2-14,17-18H,15-16H2,1H3,(H,30,33). The molecule has 0 aliphatic heterocycles. The molecule has 5 aromatic rings. The van der Waals surface area contributed by atoms with Crippen LogP contribution in [0.15, 0.2) is 96.2 Å². The largest absolute Gasteiger partial charge is 0.325 e. The summed E-state index contributed by atoms with van der Waals surface area (Å²) < 4.78 is 3.10. The van der Waals surface area contributed by atoms with Gasteiger partial charge in [0.15, 0.2) is 5.65 Å². The maximum atomic E-state index is 13.0. The van der Waals surface area contributed by atoms with Gasteiger partial charge in [-0.1, -0.05) is 66.2 Å². The fourth-order valence-electron chi connectivity index (χ4n) is 3.88. The molecule has 1 N–H and O–H groups in total. The number of carbonyl (C=O) groups is 1. The molecule has 0 saturated heterocycles. The van der Waals surface area contributed by atoms with Gasteiger partial charge in [-0.25, -0.2) is 9.67 Å². The van der Waals surface area contributed by atoms with Gasteiger partial charge in [-0.15, -0.1) is 0 Å². The molecule has 2 aromatic heterocycles. The summed E-state index contributed by atoms with van der Waals surface area (Å²) in [7, 11) is 0. The van der Waals surface area contributed by atoms with Gasteiger partial charge in [-0.05, 0) is 30.7 Å². The van der Waals surface area contributed by atoms with Gasteiger partial charge in [0.05, 0.1) is 18.2 Å². The van der Waals surface area contributed by atoms with Crippen LogP contribution in [0, 0.1) is 6.92 Å². The molecule has 0 aliphatic carbocycles. The first-order chi connectivity index (χ1) is 16.6. The number of hydrogen-bond acceptors (Lipinski definition) is 4. The van der Waals surface area contributed by atoms with Crippen molar-refractivity contribution in [3.05, 3.63) is 107 Å². The van der Waals surface area contributed by atoms with Crippen molar-refractivity contribution in [1.82, 2.24) is 19.3 Å². The highest BCUT2D eigenvalue weighted by atomic mass is 16.2. The predicted octanol–water partition coefficient (Wildman–Crippen LogP) is 4.59. The van der Waals surface area contributed by atoms with E-state index in [-0.39, 0.29) is 24.4 Å². The average molecular weight is 450 g/mol. The third-order valence-electron chi connectivity index (χ3n) is 5.70. The van der Waals surface area contributed by atoms with Crippen LogP contribution in [0.3, 0.4) is 0 Å². The molecule has 34 heavy (non-hydrogen) atoms. The molecule has 2 heterocycles. The lowest BCUT2D eigenvalue weighted by Crippen LogP contribution is -2.23. The molecule has 0 saturated carbocycles. The van der Waals surface area contributed by atoms with E-state index in [4.69, 9.17) is 0 Å². The van der Waals surface area contributed by atoms with E-state index in [1.165, 1.54) is 17.1 Å². The molecule has 0 radical (unpaired) electrons. The molecule has 5 rings (SSSR count). The zero-order valence-electron chi connectivity index (χ0n) is 18.7. The van der Waals surface area contributed by atoms with Crippen molar-refractivity contribution in [3.63, 3.8) is 0 Å². The van der Waals surface area contributed by atoms with E-state index in [2.05, 4.69) is 15.4 Å². The summed E-state index contributed by atoms with van der Waals surface area (Å²) in [6.07, 6.45) is 3.14. The van der Waals surface area contributed by atoms with Crippen molar-refractivity contribution in [2.24, 2.45) is 0 Å². The van der Waals surface area contributed by atoms with Crippen molar-refractivity contribution in [3.8, 4) is 16.8 Å². The predicted molar refractivity (Wildman–Crippen MR) is 133 cm³/mol. The lowest BCUT2D eigenvalue weighted by atomic mass is 10.0. The molecule has 168 valence electrons. The minimum Gasteiger partial charge on any atom is -0.325 e. The monoisotopic (exact) mass is 449 g/mol. The lowest BCUT2D eigenvalue weighted by Gasteiger charge is -2.12. The average Bonchev–Trinajstić information content (AvgIpc) is 3.30. The SMILES string of the molecule is Cc1ccc(-n2ncc3c(=O)n(CCC(=O)Nc4ccccc4-c4ccccc4)cnc32)cc1. The maximum Gasteiger partial charge on any atom is 0.264 e. The molecule has 0 spiro atoms. The molecule has 1 amide bonds. The van der Waals surface area contributed by atoms with Gasteiger partial charge in [-0.2, -0.15) is 5.10 Å². The van der Waals surface area contributed by atoms with Crippen LogP contribution in [0.2, 0.25) is 0 Å². The van der Waals surface area contributed by atoms with E-state index in [9.17, 15) is 9.59 Å². The number of carbonyl (C=O) groups excluding carboxylic acids is 1. The molecule has 0 unspecified atom stereocenters. The van der Waals surface area contributed by atoms with Gasteiger partial charge in [0, 0.05) is 24.2 Å². The fraction of sp³-hybridized carbons (Fsp3) is 0.111. The Balaban J connectivity index is 1.32. The number of anilines is 1. The summed E-state index contributed by atoms with van der Waals surface area (Å²) in [5.41, 5.74) is 4.95. The van der Waals surface area contributed by atoms with Gasteiger partial charge in [0.25, 0.3) is 5.56 Å². The van der Waals surface area contributed by atoms with E-state index in [1.54, 1.807) is 4.68 Å². The number of benzene rings is 3. The highest BCUT2D eigenvalue weighted by molar-refractivity contribution is 5.95. The van der Waals surface area contributed by atoms with Crippen molar-refractivity contribution < 1.29 is 4.79 Å². The first-order valence-electron chi connectivity index (χ1n) is 11.0. The minimum absolute atomic E-state index is 0.141. The number of amides is 1. The Morgan fingerprint density at radius 1 is 0.941 bits per heavy atom. The van der Waals surface area contributed by atoms with E-state index < -0.39 is 0 Å². The Kier molecular flexibility index (Phi) is 5.74. The van der Waals surface area contributed by atoms with Crippen molar-refractivity contribution in [2.45, 2.75) is 19.9 Å². The van der Waals surface area contributed by atoms with Crippen LogP contribution >= 0.6 is 0 Å². The van der Waals surface area contributed by atoms with Crippen LogP contribution in [-0.2, 0) is 11.3 Å². The minimum atomic E-state index is -0.221.